The molecule has 0 bridgehead atoms. The summed E-state index contributed by atoms with van der Waals surface area (Å²) in [6, 6.07) is 0. The first-order valence-electron chi connectivity index (χ1n) is 6.27. The second kappa shape index (κ2) is 7.82. The Morgan fingerprint density at radius 1 is 1.06 bits per heavy atom. The van der Waals surface area contributed by atoms with Crippen LogP contribution in [0.1, 0.15) is 39.0 Å². The second-order valence-electron chi connectivity index (χ2n) is 4.13. The molecular weight excluding hydrogens is 216 g/mol. The molecule has 1 rings (SSSR count). The molecule has 0 fully saturated rings. The van der Waals surface area contributed by atoms with Gasteiger partial charge in [0.25, 0.3) is 0 Å². The van der Waals surface area contributed by atoms with E-state index < -0.39 is 0 Å². The molecule has 17 heavy (non-hydrogen) atoms. The van der Waals surface area contributed by atoms with E-state index in [1.165, 1.54) is 0 Å². The van der Waals surface area contributed by atoms with Crippen molar-refractivity contribution in [3.05, 3.63) is 24.3 Å². The van der Waals surface area contributed by atoms with Gasteiger partial charge in [0.1, 0.15) is 5.78 Å². The van der Waals surface area contributed by atoms with E-state index in [9.17, 15) is 9.59 Å². The molecule has 0 aromatic carbocycles. The average molecular weight is 236 g/mol. The van der Waals surface area contributed by atoms with Crippen LogP contribution in [-0.4, -0.2) is 18.4 Å². The lowest BCUT2D eigenvalue weighted by Crippen LogP contribution is -2.08. The van der Waals surface area contributed by atoms with Gasteiger partial charge in [-0.05, 0) is 19.8 Å². The molecule has 0 unspecified atom stereocenters. The van der Waals surface area contributed by atoms with Gasteiger partial charge in [-0.15, -0.1) is 0 Å². The van der Waals surface area contributed by atoms with Crippen molar-refractivity contribution in [1.29, 1.82) is 0 Å². The molecule has 0 saturated heterocycles. The number of hydrogen-bond donors (Lipinski definition) is 0. The highest BCUT2D eigenvalue weighted by atomic mass is 16.5. The molecule has 0 aromatic heterocycles. The van der Waals surface area contributed by atoms with Crippen LogP contribution in [-0.2, 0) is 14.3 Å². The number of Topliss-reactive ketones (excluding diaryl/α,β-unsaturated/α-hetero) is 1. The molecule has 0 atom stereocenters. The van der Waals surface area contributed by atoms with Crippen molar-refractivity contribution in [1.82, 2.24) is 0 Å². The topological polar surface area (TPSA) is 43.4 Å². The van der Waals surface area contributed by atoms with Gasteiger partial charge in [0.05, 0.1) is 12.5 Å². The van der Waals surface area contributed by atoms with E-state index >= 15 is 0 Å². The minimum atomic E-state index is -0.138. The summed E-state index contributed by atoms with van der Waals surface area (Å²) in [6.45, 7) is 2.25. The molecule has 0 N–H and O–H groups in total. The van der Waals surface area contributed by atoms with Gasteiger partial charge in [0.2, 0.25) is 0 Å². The second-order valence-corrected chi connectivity index (χ2v) is 4.13. The summed E-state index contributed by atoms with van der Waals surface area (Å²) < 4.78 is 4.83. The number of esters is 1. The molecule has 3 heteroatoms. The molecule has 1 aliphatic rings. The van der Waals surface area contributed by atoms with Gasteiger partial charge in [-0.25, -0.2) is 0 Å². The lowest BCUT2D eigenvalue weighted by atomic mass is 10.0. The molecule has 0 aromatic rings. The molecule has 0 saturated carbocycles. The zero-order valence-electron chi connectivity index (χ0n) is 10.4. The van der Waals surface area contributed by atoms with Crippen molar-refractivity contribution in [2.24, 2.45) is 5.92 Å². The van der Waals surface area contributed by atoms with Gasteiger partial charge in [-0.2, -0.15) is 0 Å². The van der Waals surface area contributed by atoms with Gasteiger partial charge < -0.3 is 4.74 Å². The Bertz CT molecular complexity index is 303. The summed E-state index contributed by atoms with van der Waals surface area (Å²) in [4.78, 5) is 22.7. The SMILES string of the molecule is CCOC(=O)CCCCCC(=O)C1C=CC=C1. The third-order valence-electron chi connectivity index (χ3n) is 2.73. The number of ether oxygens (including phenoxy) is 1. The summed E-state index contributed by atoms with van der Waals surface area (Å²) >= 11 is 0. The Hall–Kier alpha value is -1.38. The molecular formula is C14H20O3. The van der Waals surface area contributed by atoms with Crippen LogP contribution >= 0.6 is 0 Å². The number of carbonyl (C=O) groups is 2. The van der Waals surface area contributed by atoms with Crippen LogP contribution in [0.15, 0.2) is 24.3 Å². The van der Waals surface area contributed by atoms with Crippen LogP contribution < -0.4 is 0 Å². The summed E-state index contributed by atoms with van der Waals surface area (Å²) in [5.74, 6) is 0.117. The molecule has 0 spiro atoms. The fourth-order valence-electron chi connectivity index (χ4n) is 1.79. The molecule has 1 aliphatic carbocycles. The first-order valence-corrected chi connectivity index (χ1v) is 6.27. The Morgan fingerprint density at radius 3 is 2.35 bits per heavy atom. The summed E-state index contributed by atoms with van der Waals surface area (Å²) in [7, 11) is 0. The summed E-state index contributed by atoms with van der Waals surface area (Å²) in [5, 5.41) is 0. The first kappa shape index (κ1) is 13.7. The fraction of sp³-hybridized carbons (Fsp3) is 0.571. The van der Waals surface area contributed by atoms with Crippen molar-refractivity contribution in [3.8, 4) is 0 Å². The van der Waals surface area contributed by atoms with Crippen LogP contribution in [0.3, 0.4) is 0 Å². The van der Waals surface area contributed by atoms with Crippen molar-refractivity contribution < 1.29 is 14.3 Å². The van der Waals surface area contributed by atoms with Crippen LogP contribution in [0, 0.1) is 5.92 Å². The van der Waals surface area contributed by atoms with Gasteiger partial charge in [-0.1, -0.05) is 30.7 Å². The van der Waals surface area contributed by atoms with Crippen LogP contribution in [0.4, 0.5) is 0 Å². The number of hydrogen-bond acceptors (Lipinski definition) is 3. The average Bonchev–Trinajstić information content (AvgIpc) is 2.82. The number of unbranched alkanes of at least 4 members (excludes halogenated alkanes) is 2. The monoisotopic (exact) mass is 236 g/mol. The highest BCUT2D eigenvalue weighted by Gasteiger charge is 2.13. The van der Waals surface area contributed by atoms with E-state index in [2.05, 4.69) is 0 Å². The number of rotatable bonds is 8. The highest BCUT2D eigenvalue weighted by molar-refractivity contribution is 5.85. The molecule has 3 nitrogen and oxygen atoms in total. The summed E-state index contributed by atoms with van der Waals surface area (Å²) in [5.41, 5.74) is 0. The lowest BCUT2D eigenvalue weighted by Gasteiger charge is -2.04. The van der Waals surface area contributed by atoms with E-state index in [-0.39, 0.29) is 17.7 Å². The highest BCUT2D eigenvalue weighted by Crippen LogP contribution is 2.14. The smallest absolute Gasteiger partial charge is 0.305 e. The maximum Gasteiger partial charge on any atom is 0.305 e. The number of allylic oxidation sites excluding steroid dienone is 4. The molecule has 0 amide bonds. The standard InChI is InChI=1S/C14H20O3/c1-2-17-14(16)11-5-3-4-10-13(15)12-8-6-7-9-12/h6-9,12H,2-5,10-11H2,1H3. The van der Waals surface area contributed by atoms with Gasteiger partial charge in [0, 0.05) is 12.8 Å². The van der Waals surface area contributed by atoms with Crippen LogP contribution in [0.25, 0.3) is 0 Å². The molecule has 0 aliphatic heterocycles. The number of ketones is 1. The van der Waals surface area contributed by atoms with E-state index in [1.54, 1.807) is 6.92 Å². The van der Waals surface area contributed by atoms with Gasteiger partial charge in [-0.3, -0.25) is 9.59 Å². The van der Waals surface area contributed by atoms with Crippen molar-refractivity contribution in [3.63, 3.8) is 0 Å². The fourth-order valence-corrected chi connectivity index (χ4v) is 1.79. The van der Waals surface area contributed by atoms with E-state index in [4.69, 9.17) is 4.74 Å². The normalized spacial score (nSPS) is 14.2. The number of carbonyl (C=O) groups excluding carboxylic acids is 2. The van der Waals surface area contributed by atoms with E-state index in [0.29, 0.717) is 19.4 Å². The quantitative estimate of drug-likeness (QED) is 0.481. The maximum absolute atomic E-state index is 11.7. The van der Waals surface area contributed by atoms with Crippen LogP contribution in [0.2, 0.25) is 0 Å². The zero-order chi connectivity index (χ0) is 12.5. The largest absolute Gasteiger partial charge is 0.466 e. The van der Waals surface area contributed by atoms with Gasteiger partial charge in [0.15, 0.2) is 0 Å². The third-order valence-corrected chi connectivity index (χ3v) is 2.73. The predicted molar refractivity (Wildman–Crippen MR) is 66.5 cm³/mol. The van der Waals surface area contributed by atoms with Crippen LogP contribution in [0.5, 0.6) is 0 Å². The van der Waals surface area contributed by atoms with E-state index in [0.717, 1.165) is 19.3 Å². The molecule has 0 radical (unpaired) electrons. The van der Waals surface area contributed by atoms with Crippen molar-refractivity contribution in [2.75, 3.05) is 6.61 Å². The molecule has 0 heterocycles. The Labute approximate surface area is 103 Å². The molecule has 94 valence electrons. The Morgan fingerprint density at radius 2 is 1.71 bits per heavy atom. The first-order chi connectivity index (χ1) is 8.24. The van der Waals surface area contributed by atoms with Crippen molar-refractivity contribution >= 4 is 11.8 Å². The zero-order valence-corrected chi connectivity index (χ0v) is 10.4. The Kier molecular flexibility index (Phi) is 6.30. The third kappa shape index (κ3) is 5.48. The predicted octanol–water partition coefficient (Wildman–Crippen LogP) is 2.81. The maximum atomic E-state index is 11.7. The minimum Gasteiger partial charge on any atom is -0.466 e. The minimum absolute atomic E-state index is 0.0138. The lowest BCUT2D eigenvalue weighted by molar-refractivity contribution is -0.143. The Balaban J connectivity index is 2.00. The van der Waals surface area contributed by atoms with Gasteiger partial charge >= 0.3 is 5.97 Å². The van der Waals surface area contributed by atoms with E-state index in [1.807, 2.05) is 24.3 Å². The van der Waals surface area contributed by atoms with Crippen molar-refractivity contribution in [2.45, 2.75) is 39.0 Å². The summed E-state index contributed by atoms with van der Waals surface area (Å²) in [6.07, 6.45) is 11.3.